The molecule has 0 saturated carbocycles. The van der Waals surface area contributed by atoms with Crippen LogP contribution in [0.15, 0.2) is 0 Å². The van der Waals surface area contributed by atoms with Gasteiger partial charge in [0.15, 0.2) is 0 Å². The van der Waals surface area contributed by atoms with Crippen LogP contribution in [0.25, 0.3) is 0 Å². The summed E-state index contributed by atoms with van der Waals surface area (Å²) in [6, 6.07) is 0. The Morgan fingerprint density at radius 1 is 1.10 bits per heavy atom. The van der Waals surface area contributed by atoms with E-state index in [9.17, 15) is 14.7 Å². The third kappa shape index (κ3) is 6.92. The van der Waals surface area contributed by atoms with E-state index in [-0.39, 0.29) is 24.2 Å². The van der Waals surface area contributed by atoms with Crippen LogP contribution in [0, 0.1) is 17.3 Å². The van der Waals surface area contributed by atoms with Gasteiger partial charge in [0.05, 0.1) is 18.4 Å². The molecule has 0 bridgehead atoms. The van der Waals surface area contributed by atoms with Crippen molar-refractivity contribution in [3.8, 4) is 0 Å². The number of esters is 1. The lowest BCUT2D eigenvalue weighted by Crippen LogP contribution is -2.38. The van der Waals surface area contributed by atoms with Crippen LogP contribution in [0.3, 0.4) is 0 Å². The average Bonchev–Trinajstić information content (AvgIpc) is 2.25. The van der Waals surface area contributed by atoms with Crippen molar-refractivity contribution in [3.05, 3.63) is 0 Å². The standard InChI is InChI=1S/C16H30O4/c1-6-7-8-20-15(19)16(9-12(2)3,10-13(4)5)11-14(17)18/h12-13H,6-11H2,1-5H3,(H,17,18). The van der Waals surface area contributed by atoms with Crippen molar-refractivity contribution in [2.45, 2.75) is 66.7 Å². The molecule has 118 valence electrons. The Morgan fingerprint density at radius 3 is 1.95 bits per heavy atom. The minimum atomic E-state index is -0.932. The molecule has 0 aromatic heterocycles. The fourth-order valence-electron chi connectivity index (χ4n) is 2.78. The van der Waals surface area contributed by atoms with Crippen LogP contribution >= 0.6 is 0 Å². The molecule has 0 aliphatic heterocycles. The van der Waals surface area contributed by atoms with Gasteiger partial charge in [-0.3, -0.25) is 9.59 Å². The van der Waals surface area contributed by atoms with Crippen molar-refractivity contribution in [3.63, 3.8) is 0 Å². The van der Waals surface area contributed by atoms with Crippen molar-refractivity contribution in [2.75, 3.05) is 6.61 Å². The zero-order valence-corrected chi connectivity index (χ0v) is 13.6. The summed E-state index contributed by atoms with van der Waals surface area (Å²) in [6.45, 7) is 10.5. The number of carboxylic acids is 1. The van der Waals surface area contributed by atoms with E-state index in [1.165, 1.54) is 0 Å². The quantitative estimate of drug-likeness (QED) is 0.489. The molecule has 0 unspecified atom stereocenters. The maximum Gasteiger partial charge on any atom is 0.312 e. The summed E-state index contributed by atoms with van der Waals surface area (Å²) >= 11 is 0. The number of unbranched alkanes of at least 4 members (excludes halogenated alkanes) is 1. The fraction of sp³-hybridized carbons (Fsp3) is 0.875. The van der Waals surface area contributed by atoms with Crippen molar-refractivity contribution in [1.82, 2.24) is 0 Å². The second-order valence-corrected chi connectivity index (χ2v) is 6.54. The highest BCUT2D eigenvalue weighted by Gasteiger charge is 2.42. The lowest BCUT2D eigenvalue weighted by atomic mass is 9.72. The molecular formula is C16H30O4. The summed E-state index contributed by atoms with van der Waals surface area (Å²) in [4.78, 5) is 23.7. The number of carbonyl (C=O) groups excluding carboxylic acids is 1. The van der Waals surface area contributed by atoms with Crippen LogP contribution < -0.4 is 0 Å². The zero-order chi connectivity index (χ0) is 15.8. The second-order valence-electron chi connectivity index (χ2n) is 6.54. The fourth-order valence-corrected chi connectivity index (χ4v) is 2.78. The minimum Gasteiger partial charge on any atom is -0.481 e. The van der Waals surface area contributed by atoms with E-state index in [1.807, 2.05) is 34.6 Å². The smallest absolute Gasteiger partial charge is 0.312 e. The molecule has 0 aliphatic carbocycles. The second kappa shape index (κ2) is 8.98. The molecule has 0 amide bonds. The predicted molar refractivity (Wildman–Crippen MR) is 79.5 cm³/mol. The van der Waals surface area contributed by atoms with Gasteiger partial charge >= 0.3 is 11.9 Å². The Balaban J connectivity index is 5.12. The van der Waals surface area contributed by atoms with E-state index in [0.29, 0.717) is 19.4 Å². The van der Waals surface area contributed by atoms with Crippen molar-refractivity contribution in [2.24, 2.45) is 17.3 Å². The summed E-state index contributed by atoms with van der Waals surface area (Å²) in [5.41, 5.74) is -0.887. The summed E-state index contributed by atoms with van der Waals surface area (Å²) in [7, 11) is 0. The number of hydrogen-bond acceptors (Lipinski definition) is 3. The number of carbonyl (C=O) groups is 2. The van der Waals surface area contributed by atoms with Crippen LogP contribution in [0.2, 0.25) is 0 Å². The Labute approximate surface area is 122 Å². The van der Waals surface area contributed by atoms with Crippen LogP contribution in [0.5, 0.6) is 0 Å². The lowest BCUT2D eigenvalue weighted by molar-refractivity contribution is -0.163. The summed E-state index contributed by atoms with van der Waals surface area (Å²) < 4.78 is 5.35. The van der Waals surface area contributed by atoms with E-state index >= 15 is 0 Å². The number of rotatable bonds is 10. The van der Waals surface area contributed by atoms with Gasteiger partial charge in [-0.2, -0.15) is 0 Å². The van der Waals surface area contributed by atoms with Crippen LogP contribution in [-0.4, -0.2) is 23.7 Å². The third-order valence-electron chi connectivity index (χ3n) is 3.25. The predicted octanol–water partition coefficient (Wildman–Crippen LogP) is 3.88. The molecule has 0 heterocycles. The summed E-state index contributed by atoms with van der Waals surface area (Å²) in [6.07, 6.45) is 2.74. The summed E-state index contributed by atoms with van der Waals surface area (Å²) in [5, 5.41) is 9.19. The van der Waals surface area contributed by atoms with Gasteiger partial charge in [-0.1, -0.05) is 41.0 Å². The first kappa shape index (κ1) is 18.9. The van der Waals surface area contributed by atoms with Gasteiger partial charge in [-0.15, -0.1) is 0 Å². The van der Waals surface area contributed by atoms with Gasteiger partial charge < -0.3 is 9.84 Å². The number of hydrogen-bond donors (Lipinski definition) is 1. The summed E-state index contributed by atoms with van der Waals surface area (Å²) in [5.74, 6) is -0.756. The Morgan fingerprint density at radius 2 is 1.60 bits per heavy atom. The number of ether oxygens (including phenoxy) is 1. The number of carboxylic acid groups (broad SMARTS) is 1. The largest absolute Gasteiger partial charge is 0.481 e. The lowest BCUT2D eigenvalue weighted by Gasteiger charge is -2.33. The molecule has 4 nitrogen and oxygen atoms in total. The maximum absolute atomic E-state index is 12.5. The molecule has 0 saturated heterocycles. The van der Waals surface area contributed by atoms with Gasteiger partial charge in [0.1, 0.15) is 0 Å². The third-order valence-corrected chi connectivity index (χ3v) is 3.25. The van der Waals surface area contributed by atoms with Gasteiger partial charge in [0.25, 0.3) is 0 Å². The zero-order valence-electron chi connectivity index (χ0n) is 13.6. The van der Waals surface area contributed by atoms with E-state index < -0.39 is 11.4 Å². The maximum atomic E-state index is 12.5. The Kier molecular flexibility index (Phi) is 8.51. The topological polar surface area (TPSA) is 63.6 Å². The highest BCUT2D eigenvalue weighted by molar-refractivity contribution is 5.82. The minimum absolute atomic E-state index is 0.145. The first-order valence-electron chi connectivity index (χ1n) is 7.62. The molecule has 0 radical (unpaired) electrons. The Hall–Kier alpha value is -1.06. The molecule has 0 aromatic rings. The molecule has 0 fully saturated rings. The molecule has 1 N–H and O–H groups in total. The van der Waals surface area contributed by atoms with Crippen molar-refractivity contribution in [1.29, 1.82) is 0 Å². The van der Waals surface area contributed by atoms with Crippen molar-refractivity contribution < 1.29 is 19.4 Å². The average molecular weight is 286 g/mol. The number of aliphatic carboxylic acids is 1. The normalized spacial score (nSPS) is 11.9. The first-order valence-corrected chi connectivity index (χ1v) is 7.62. The van der Waals surface area contributed by atoms with Gasteiger partial charge in [0, 0.05) is 0 Å². The molecule has 0 aliphatic rings. The highest BCUT2D eigenvalue weighted by Crippen LogP contribution is 2.38. The van der Waals surface area contributed by atoms with E-state index in [2.05, 4.69) is 0 Å². The highest BCUT2D eigenvalue weighted by atomic mass is 16.5. The Bertz CT molecular complexity index is 298. The monoisotopic (exact) mass is 286 g/mol. The van der Waals surface area contributed by atoms with E-state index in [1.54, 1.807) is 0 Å². The van der Waals surface area contributed by atoms with Crippen molar-refractivity contribution >= 4 is 11.9 Å². The van der Waals surface area contributed by atoms with Crippen LogP contribution in [-0.2, 0) is 14.3 Å². The molecule has 20 heavy (non-hydrogen) atoms. The molecule has 0 rings (SSSR count). The van der Waals surface area contributed by atoms with Crippen LogP contribution in [0.4, 0.5) is 0 Å². The van der Waals surface area contributed by atoms with Crippen LogP contribution in [0.1, 0.15) is 66.7 Å². The molecule has 0 aromatic carbocycles. The van der Waals surface area contributed by atoms with Gasteiger partial charge in [-0.25, -0.2) is 0 Å². The van der Waals surface area contributed by atoms with Gasteiger partial charge in [0.2, 0.25) is 0 Å². The first-order chi connectivity index (χ1) is 9.23. The van der Waals surface area contributed by atoms with Gasteiger partial charge in [-0.05, 0) is 31.1 Å². The SMILES string of the molecule is CCCCOC(=O)C(CC(=O)O)(CC(C)C)CC(C)C. The molecule has 0 atom stereocenters. The van der Waals surface area contributed by atoms with E-state index in [4.69, 9.17) is 4.74 Å². The molecule has 4 heteroatoms. The molecule has 0 spiro atoms. The van der Waals surface area contributed by atoms with E-state index in [0.717, 1.165) is 12.8 Å². The molecular weight excluding hydrogens is 256 g/mol.